The van der Waals surface area contributed by atoms with Gasteiger partial charge in [-0.05, 0) is 25.3 Å². The lowest BCUT2D eigenvalue weighted by atomic mass is 9.95. The topological polar surface area (TPSA) is 79.3 Å². The molecule has 1 aromatic carbocycles. The van der Waals surface area contributed by atoms with E-state index >= 15 is 0 Å². The van der Waals surface area contributed by atoms with Gasteiger partial charge < -0.3 is 10.3 Å². The molecular weight excluding hydrogens is 397 g/mol. The normalized spacial score (nSPS) is 15.5. The highest BCUT2D eigenvalue weighted by Crippen LogP contribution is 2.38. The predicted octanol–water partition coefficient (Wildman–Crippen LogP) is 4.08. The van der Waals surface area contributed by atoms with Crippen LogP contribution in [-0.4, -0.2) is 26.5 Å². The molecule has 0 spiro atoms. The fourth-order valence-electron chi connectivity index (χ4n) is 4.04. The van der Waals surface area contributed by atoms with Crippen LogP contribution in [0.5, 0.6) is 0 Å². The number of rotatable bonds is 3. The summed E-state index contributed by atoms with van der Waals surface area (Å²) in [5, 5.41) is 6.40. The smallest absolute Gasteiger partial charge is 0.349 e. The van der Waals surface area contributed by atoms with E-state index in [0.29, 0.717) is 4.52 Å². The highest BCUT2D eigenvalue weighted by atomic mass is 19.4. The van der Waals surface area contributed by atoms with Gasteiger partial charge in [0.1, 0.15) is 11.2 Å². The molecule has 1 fully saturated rings. The molecule has 9 heteroatoms. The minimum atomic E-state index is -4.77. The first kappa shape index (κ1) is 20.2. The van der Waals surface area contributed by atoms with Gasteiger partial charge in [0, 0.05) is 11.7 Å². The van der Waals surface area contributed by atoms with Crippen LogP contribution in [0.25, 0.3) is 16.8 Å². The van der Waals surface area contributed by atoms with Gasteiger partial charge in [0.05, 0.1) is 5.56 Å². The zero-order valence-electron chi connectivity index (χ0n) is 16.3. The van der Waals surface area contributed by atoms with Crippen molar-refractivity contribution in [3.8, 4) is 11.1 Å². The standard InChI is InChI=1S/C21H21F3N4O2/c1-12-15(19(29)26-14-10-6-3-7-11-14)20(30)28-18(25-12)16(13-8-4-2-5-9-13)17(27-28)21(22,23)24/h2,4-5,8-9,14,25H,3,6-7,10-11H2,1H3,(H,26,29). The molecule has 2 aromatic heterocycles. The summed E-state index contributed by atoms with van der Waals surface area (Å²) >= 11 is 0. The number of nitrogens with zero attached hydrogens (tertiary/aromatic N) is 2. The number of carbonyl (C=O) groups excluding carboxylic acids is 1. The molecule has 158 valence electrons. The first-order valence-electron chi connectivity index (χ1n) is 9.86. The van der Waals surface area contributed by atoms with Crippen molar-refractivity contribution in [3.05, 3.63) is 57.6 Å². The molecule has 1 amide bonds. The van der Waals surface area contributed by atoms with Gasteiger partial charge in [-0.15, -0.1) is 0 Å². The molecule has 3 aromatic rings. The van der Waals surface area contributed by atoms with Crippen LogP contribution in [0, 0.1) is 6.92 Å². The van der Waals surface area contributed by atoms with Crippen molar-refractivity contribution in [3.63, 3.8) is 0 Å². The van der Waals surface area contributed by atoms with Gasteiger partial charge in [0.2, 0.25) is 0 Å². The molecule has 0 bridgehead atoms. The number of hydrogen-bond acceptors (Lipinski definition) is 3. The maximum Gasteiger partial charge on any atom is 0.435 e. The average Bonchev–Trinajstić information content (AvgIpc) is 3.09. The van der Waals surface area contributed by atoms with Crippen LogP contribution in [0.2, 0.25) is 0 Å². The molecule has 1 saturated carbocycles. The third-order valence-corrected chi connectivity index (χ3v) is 5.47. The van der Waals surface area contributed by atoms with Crippen LogP contribution in [0.4, 0.5) is 13.2 Å². The van der Waals surface area contributed by atoms with Gasteiger partial charge in [0.25, 0.3) is 11.5 Å². The molecule has 0 aliphatic heterocycles. The number of aromatic amines is 1. The summed E-state index contributed by atoms with van der Waals surface area (Å²) < 4.78 is 41.8. The summed E-state index contributed by atoms with van der Waals surface area (Å²) in [7, 11) is 0. The van der Waals surface area contributed by atoms with E-state index in [1.807, 2.05) is 0 Å². The third kappa shape index (κ3) is 3.59. The summed E-state index contributed by atoms with van der Waals surface area (Å²) in [6, 6.07) is 7.90. The van der Waals surface area contributed by atoms with Crippen molar-refractivity contribution in [2.45, 2.75) is 51.2 Å². The summed E-state index contributed by atoms with van der Waals surface area (Å²) in [5.74, 6) is -0.590. The second-order valence-corrected chi connectivity index (χ2v) is 7.59. The van der Waals surface area contributed by atoms with Crippen LogP contribution in [0.15, 0.2) is 35.1 Å². The molecular formula is C21H21F3N4O2. The minimum Gasteiger partial charge on any atom is -0.349 e. The first-order valence-corrected chi connectivity index (χ1v) is 9.86. The maximum atomic E-state index is 13.7. The zero-order chi connectivity index (χ0) is 21.5. The quantitative estimate of drug-likeness (QED) is 0.673. The van der Waals surface area contributed by atoms with E-state index in [0.717, 1.165) is 32.1 Å². The summed E-state index contributed by atoms with van der Waals surface area (Å²) in [6.45, 7) is 1.51. The monoisotopic (exact) mass is 418 g/mol. The van der Waals surface area contributed by atoms with E-state index in [9.17, 15) is 22.8 Å². The Labute approximate surface area is 170 Å². The number of aromatic nitrogens is 3. The van der Waals surface area contributed by atoms with Crippen LogP contribution < -0.4 is 10.9 Å². The van der Waals surface area contributed by atoms with Crippen LogP contribution in [0.1, 0.15) is 53.8 Å². The SMILES string of the molecule is Cc1[nH]c2c(-c3ccccc3)c(C(F)(F)F)nn2c(=O)c1C(=O)NC1CCCCC1. The number of halogens is 3. The number of amides is 1. The van der Waals surface area contributed by atoms with Crippen molar-refractivity contribution < 1.29 is 18.0 Å². The lowest BCUT2D eigenvalue weighted by Gasteiger charge is -2.22. The highest BCUT2D eigenvalue weighted by Gasteiger charge is 2.39. The van der Waals surface area contributed by atoms with Gasteiger partial charge in [-0.1, -0.05) is 49.6 Å². The van der Waals surface area contributed by atoms with E-state index in [2.05, 4.69) is 15.4 Å². The largest absolute Gasteiger partial charge is 0.435 e. The minimum absolute atomic E-state index is 0.0380. The Balaban J connectivity index is 1.87. The van der Waals surface area contributed by atoms with Crippen LogP contribution >= 0.6 is 0 Å². The third-order valence-electron chi connectivity index (χ3n) is 5.47. The van der Waals surface area contributed by atoms with Crippen LogP contribution in [0.3, 0.4) is 0 Å². The highest BCUT2D eigenvalue weighted by molar-refractivity contribution is 5.95. The number of alkyl halides is 3. The molecule has 4 rings (SSSR count). The molecule has 2 N–H and O–H groups in total. The lowest BCUT2D eigenvalue weighted by Crippen LogP contribution is -2.40. The van der Waals surface area contributed by atoms with Gasteiger partial charge in [-0.2, -0.15) is 22.8 Å². The van der Waals surface area contributed by atoms with Crippen molar-refractivity contribution in [2.24, 2.45) is 0 Å². The van der Waals surface area contributed by atoms with Crippen molar-refractivity contribution in [1.82, 2.24) is 19.9 Å². The number of fused-ring (bicyclic) bond motifs is 1. The van der Waals surface area contributed by atoms with Gasteiger partial charge in [-0.3, -0.25) is 9.59 Å². The van der Waals surface area contributed by atoms with Crippen molar-refractivity contribution >= 4 is 11.6 Å². The molecule has 0 saturated heterocycles. The number of benzene rings is 1. The molecule has 0 atom stereocenters. The van der Waals surface area contributed by atoms with Gasteiger partial charge in [0.15, 0.2) is 5.69 Å². The molecule has 1 aliphatic carbocycles. The number of hydrogen-bond donors (Lipinski definition) is 2. The number of nitrogens with one attached hydrogen (secondary N) is 2. The van der Waals surface area contributed by atoms with E-state index in [4.69, 9.17) is 0 Å². The number of H-pyrrole nitrogens is 1. The van der Waals surface area contributed by atoms with E-state index in [1.54, 1.807) is 18.2 Å². The second kappa shape index (κ2) is 7.62. The van der Waals surface area contributed by atoms with E-state index < -0.39 is 23.3 Å². The van der Waals surface area contributed by atoms with Crippen molar-refractivity contribution in [2.75, 3.05) is 0 Å². The Kier molecular flexibility index (Phi) is 5.13. The van der Waals surface area contributed by atoms with Gasteiger partial charge >= 0.3 is 6.18 Å². The summed E-state index contributed by atoms with van der Waals surface area (Å²) in [4.78, 5) is 28.6. The summed E-state index contributed by atoms with van der Waals surface area (Å²) in [6.07, 6.45) is -0.0303. The Hall–Kier alpha value is -3.10. The summed E-state index contributed by atoms with van der Waals surface area (Å²) in [5.41, 5.74) is -2.11. The molecule has 0 radical (unpaired) electrons. The second-order valence-electron chi connectivity index (χ2n) is 7.59. The Morgan fingerprint density at radius 3 is 2.47 bits per heavy atom. The molecule has 30 heavy (non-hydrogen) atoms. The Morgan fingerprint density at radius 2 is 1.83 bits per heavy atom. The van der Waals surface area contributed by atoms with Gasteiger partial charge in [-0.25, -0.2) is 0 Å². The fraction of sp³-hybridized carbons (Fsp3) is 0.381. The van der Waals surface area contributed by atoms with E-state index in [1.165, 1.54) is 19.1 Å². The molecule has 1 aliphatic rings. The predicted molar refractivity (Wildman–Crippen MR) is 105 cm³/mol. The number of aryl methyl sites for hydroxylation is 1. The van der Waals surface area contributed by atoms with Crippen LogP contribution in [-0.2, 0) is 6.18 Å². The van der Waals surface area contributed by atoms with E-state index in [-0.39, 0.29) is 34.1 Å². The molecule has 6 nitrogen and oxygen atoms in total. The average molecular weight is 418 g/mol. The Bertz CT molecular complexity index is 1140. The zero-order valence-corrected chi connectivity index (χ0v) is 16.3. The fourth-order valence-corrected chi connectivity index (χ4v) is 4.04. The lowest BCUT2D eigenvalue weighted by molar-refractivity contribution is -0.140. The molecule has 2 heterocycles. The maximum absolute atomic E-state index is 13.7. The Morgan fingerprint density at radius 1 is 1.17 bits per heavy atom. The van der Waals surface area contributed by atoms with Crippen molar-refractivity contribution in [1.29, 1.82) is 0 Å². The first-order chi connectivity index (χ1) is 14.3. The number of carbonyl (C=O) groups is 1. The molecule has 0 unspecified atom stereocenters.